The first-order valence-corrected chi connectivity index (χ1v) is 4.34. The van der Waals surface area contributed by atoms with Crippen LogP contribution >= 0.6 is 0 Å². The summed E-state index contributed by atoms with van der Waals surface area (Å²) >= 11 is 0. The maximum absolute atomic E-state index is 11.3. The molecule has 0 saturated heterocycles. The smallest absolute Gasteiger partial charge is 0.192 e. The summed E-state index contributed by atoms with van der Waals surface area (Å²) in [6, 6.07) is 8.74. The molecule has 2 rings (SSSR count). The molecule has 0 amide bonds. The molecule has 0 saturated carbocycles. The number of fused-ring (bicyclic) bond motifs is 1. The third-order valence-corrected chi connectivity index (χ3v) is 1.76. The molecule has 74 valence electrons. The van der Waals surface area contributed by atoms with Crippen molar-refractivity contribution in [1.29, 1.82) is 0 Å². The zero-order chi connectivity index (χ0) is 10.6. The van der Waals surface area contributed by atoms with Crippen LogP contribution in [0.1, 0.15) is 5.76 Å². The highest BCUT2D eigenvalue weighted by molar-refractivity contribution is 5.75. The molecule has 0 fully saturated rings. The number of hydrogen-bond donors (Lipinski definition) is 1. The fourth-order valence-corrected chi connectivity index (χ4v) is 1.22. The molecular formula is C11H13NO2. The van der Waals surface area contributed by atoms with Crippen LogP contribution in [0.5, 0.6) is 0 Å². The predicted octanol–water partition coefficient (Wildman–Crippen LogP) is 1.68. The summed E-state index contributed by atoms with van der Waals surface area (Å²) in [7, 11) is 1.50. The van der Waals surface area contributed by atoms with Crippen molar-refractivity contribution in [2.75, 3.05) is 7.05 Å². The Balaban J connectivity index is 0.000000461. The molecule has 2 N–H and O–H groups in total. The van der Waals surface area contributed by atoms with Gasteiger partial charge in [0.1, 0.15) is 11.3 Å². The highest BCUT2D eigenvalue weighted by atomic mass is 16.3. The predicted molar refractivity (Wildman–Crippen MR) is 57.3 cm³/mol. The van der Waals surface area contributed by atoms with Crippen LogP contribution in [-0.2, 0) is 0 Å². The van der Waals surface area contributed by atoms with Crippen molar-refractivity contribution in [3.05, 3.63) is 46.3 Å². The minimum Gasteiger partial charge on any atom is -0.461 e. The SMILES string of the molecule is CN.Cc1cc(=O)c2ccccc2o1. The van der Waals surface area contributed by atoms with Crippen LogP contribution in [0.25, 0.3) is 11.0 Å². The molecule has 0 spiro atoms. The zero-order valence-electron chi connectivity index (χ0n) is 8.28. The van der Waals surface area contributed by atoms with Crippen molar-refractivity contribution >= 4 is 11.0 Å². The van der Waals surface area contributed by atoms with E-state index in [0.717, 1.165) is 0 Å². The van der Waals surface area contributed by atoms with Crippen LogP contribution in [0.2, 0.25) is 0 Å². The maximum Gasteiger partial charge on any atom is 0.192 e. The topological polar surface area (TPSA) is 56.2 Å². The van der Waals surface area contributed by atoms with Gasteiger partial charge in [0, 0.05) is 6.07 Å². The molecule has 14 heavy (non-hydrogen) atoms. The van der Waals surface area contributed by atoms with Gasteiger partial charge in [0.25, 0.3) is 0 Å². The third kappa shape index (κ3) is 2.00. The van der Waals surface area contributed by atoms with Gasteiger partial charge in [-0.3, -0.25) is 4.79 Å². The maximum atomic E-state index is 11.3. The van der Waals surface area contributed by atoms with Crippen LogP contribution < -0.4 is 11.2 Å². The standard InChI is InChI=1S/C10H8O2.CH5N/c1-7-6-9(11)8-4-2-3-5-10(8)12-7;1-2/h2-6H,1H3;2H2,1H3. The molecule has 1 heterocycles. The first kappa shape index (κ1) is 10.5. The number of aryl methyl sites for hydroxylation is 1. The summed E-state index contributed by atoms with van der Waals surface area (Å²) in [5.74, 6) is 0.652. The summed E-state index contributed by atoms with van der Waals surface area (Å²) in [5.41, 5.74) is 5.18. The normalized spacial score (nSPS) is 9.36. The van der Waals surface area contributed by atoms with Crippen LogP contribution in [0.3, 0.4) is 0 Å². The molecule has 0 aliphatic rings. The third-order valence-electron chi connectivity index (χ3n) is 1.76. The van der Waals surface area contributed by atoms with Crippen molar-refractivity contribution in [1.82, 2.24) is 0 Å². The molecule has 0 radical (unpaired) electrons. The average Bonchev–Trinajstić information content (AvgIpc) is 2.20. The van der Waals surface area contributed by atoms with Crippen molar-refractivity contribution < 1.29 is 4.42 Å². The van der Waals surface area contributed by atoms with Gasteiger partial charge in [-0.05, 0) is 26.1 Å². The quantitative estimate of drug-likeness (QED) is 0.689. The molecule has 3 heteroatoms. The van der Waals surface area contributed by atoms with E-state index in [2.05, 4.69) is 5.73 Å². The van der Waals surface area contributed by atoms with E-state index in [4.69, 9.17) is 4.42 Å². The summed E-state index contributed by atoms with van der Waals surface area (Å²) in [5, 5.41) is 0.642. The Kier molecular flexibility index (Phi) is 3.42. The number of hydrogen-bond acceptors (Lipinski definition) is 3. The Hall–Kier alpha value is -1.61. The second-order valence-electron chi connectivity index (χ2n) is 2.72. The molecule has 2 aromatic rings. The van der Waals surface area contributed by atoms with Gasteiger partial charge in [-0.25, -0.2) is 0 Å². The Labute approximate surface area is 82.2 Å². The molecule has 1 aromatic heterocycles. The number of benzene rings is 1. The van der Waals surface area contributed by atoms with Gasteiger partial charge in [-0.15, -0.1) is 0 Å². The number of nitrogens with two attached hydrogens (primary N) is 1. The fourth-order valence-electron chi connectivity index (χ4n) is 1.22. The van der Waals surface area contributed by atoms with Crippen molar-refractivity contribution in [2.24, 2.45) is 5.73 Å². The van der Waals surface area contributed by atoms with Gasteiger partial charge in [-0.1, -0.05) is 12.1 Å². The number of rotatable bonds is 0. The monoisotopic (exact) mass is 191 g/mol. The highest BCUT2D eigenvalue weighted by Crippen LogP contribution is 2.10. The Morgan fingerprint density at radius 2 is 1.86 bits per heavy atom. The second kappa shape index (κ2) is 4.58. The molecule has 0 atom stereocenters. The van der Waals surface area contributed by atoms with Crippen LogP contribution in [-0.4, -0.2) is 7.05 Å². The molecule has 0 aliphatic carbocycles. The summed E-state index contributed by atoms with van der Waals surface area (Å²) < 4.78 is 5.34. The summed E-state index contributed by atoms with van der Waals surface area (Å²) in [4.78, 5) is 11.3. The minimum atomic E-state index is 0.0225. The molecule has 3 nitrogen and oxygen atoms in total. The largest absolute Gasteiger partial charge is 0.461 e. The Morgan fingerprint density at radius 3 is 2.57 bits per heavy atom. The Morgan fingerprint density at radius 1 is 1.21 bits per heavy atom. The lowest BCUT2D eigenvalue weighted by atomic mass is 10.2. The van der Waals surface area contributed by atoms with E-state index < -0.39 is 0 Å². The second-order valence-corrected chi connectivity index (χ2v) is 2.72. The first-order chi connectivity index (χ1) is 6.77. The van der Waals surface area contributed by atoms with E-state index >= 15 is 0 Å². The molecule has 0 unspecified atom stereocenters. The first-order valence-electron chi connectivity index (χ1n) is 4.34. The fraction of sp³-hybridized carbons (Fsp3) is 0.182. The van der Waals surface area contributed by atoms with Gasteiger partial charge in [0.15, 0.2) is 5.43 Å². The minimum absolute atomic E-state index is 0.0225. The van der Waals surface area contributed by atoms with E-state index in [9.17, 15) is 4.79 Å². The van der Waals surface area contributed by atoms with Crippen molar-refractivity contribution in [3.63, 3.8) is 0 Å². The lowest BCUT2D eigenvalue weighted by molar-refractivity contribution is 0.565. The summed E-state index contributed by atoms with van der Waals surface area (Å²) in [6.07, 6.45) is 0. The molecule has 0 aliphatic heterocycles. The lowest BCUT2D eigenvalue weighted by Gasteiger charge is -1.96. The van der Waals surface area contributed by atoms with Crippen molar-refractivity contribution in [2.45, 2.75) is 6.92 Å². The summed E-state index contributed by atoms with van der Waals surface area (Å²) in [6.45, 7) is 1.77. The number of para-hydroxylation sites is 1. The van der Waals surface area contributed by atoms with E-state index in [1.165, 1.54) is 13.1 Å². The van der Waals surface area contributed by atoms with Gasteiger partial charge < -0.3 is 10.2 Å². The van der Waals surface area contributed by atoms with E-state index in [1.807, 2.05) is 12.1 Å². The van der Waals surface area contributed by atoms with Crippen LogP contribution in [0, 0.1) is 6.92 Å². The van der Waals surface area contributed by atoms with E-state index in [0.29, 0.717) is 16.7 Å². The molecule has 1 aromatic carbocycles. The van der Waals surface area contributed by atoms with Crippen LogP contribution in [0.15, 0.2) is 39.5 Å². The van der Waals surface area contributed by atoms with E-state index in [-0.39, 0.29) is 5.43 Å². The van der Waals surface area contributed by atoms with Gasteiger partial charge in [0.05, 0.1) is 5.39 Å². The lowest BCUT2D eigenvalue weighted by Crippen LogP contribution is -1.99. The Bertz CT molecular complexity index is 474. The molecule has 0 bridgehead atoms. The molecular weight excluding hydrogens is 178 g/mol. The van der Waals surface area contributed by atoms with Crippen molar-refractivity contribution in [3.8, 4) is 0 Å². The van der Waals surface area contributed by atoms with Gasteiger partial charge in [0.2, 0.25) is 0 Å². The van der Waals surface area contributed by atoms with Gasteiger partial charge >= 0.3 is 0 Å². The van der Waals surface area contributed by atoms with Crippen LogP contribution in [0.4, 0.5) is 0 Å². The van der Waals surface area contributed by atoms with E-state index in [1.54, 1.807) is 19.1 Å². The zero-order valence-corrected chi connectivity index (χ0v) is 8.28. The van der Waals surface area contributed by atoms with Gasteiger partial charge in [-0.2, -0.15) is 0 Å². The highest BCUT2D eigenvalue weighted by Gasteiger charge is 1.98. The average molecular weight is 191 g/mol.